The molecule has 1 saturated carbocycles. The predicted octanol–water partition coefficient (Wildman–Crippen LogP) is 5.13. The molecule has 0 unspecified atom stereocenters. The lowest BCUT2D eigenvalue weighted by Gasteiger charge is -2.38. The molecule has 1 heterocycles. The lowest BCUT2D eigenvalue weighted by molar-refractivity contribution is 0.0632. The Morgan fingerprint density at radius 2 is 2.00 bits per heavy atom. The fraction of sp³-hybridized carbons (Fsp3) is 0.318. The third-order valence-corrected chi connectivity index (χ3v) is 5.10. The molecule has 5 heteroatoms. The fourth-order valence-electron chi connectivity index (χ4n) is 3.13. The molecule has 2 aromatic rings. The second-order valence-electron chi connectivity index (χ2n) is 7.04. The normalized spacial score (nSPS) is 21.0. The highest BCUT2D eigenvalue weighted by molar-refractivity contribution is 6.30. The van der Waals surface area contributed by atoms with Crippen LogP contribution in [0.15, 0.2) is 42.5 Å². The van der Waals surface area contributed by atoms with Crippen LogP contribution in [-0.2, 0) is 16.9 Å². The Morgan fingerprint density at radius 1 is 1.26 bits per heavy atom. The maximum Gasteiger partial charge on any atom is 0.416 e. The van der Waals surface area contributed by atoms with Crippen LogP contribution < -0.4 is 9.64 Å². The number of hydrogen-bond donors (Lipinski definition) is 0. The van der Waals surface area contributed by atoms with Crippen LogP contribution in [0.1, 0.15) is 30.9 Å². The Bertz CT molecular complexity index is 940. The highest BCUT2D eigenvalue weighted by Crippen LogP contribution is 2.41. The topological polar surface area (TPSA) is 38.8 Å². The maximum atomic E-state index is 12.8. The van der Waals surface area contributed by atoms with Crippen LogP contribution in [0.25, 0.3) is 0 Å². The standard InChI is InChI=1S/C22H20ClNO3/c1-22(12-11-15-3-4-15)19-13-17(23)7-10-20(19)24(21(25)27-22)14-16-5-8-18(26-2)9-6-16/h5-10,13,15H,3-4,14H2,1-2H3/t22-/m0/s1. The molecule has 1 amide bonds. The summed E-state index contributed by atoms with van der Waals surface area (Å²) in [6, 6.07) is 13.1. The Labute approximate surface area is 164 Å². The number of fused-ring (bicyclic) bond motifs is 1. The number of methoxy groups -OCH3 is 1. The lowest BCUT2D eigenvalue weighted by Crippen LogP contribution is -2.43. The van der Waals surface area contributed by atoms with Gasteiger partial charge in [-0.25, -0.2) is 4.79 Å². The highest BCUT2D eigenvalue weighted by Gasteiger charge is 2.41. The van der Waals surface area contributed by atoms with Gasteiger partial charge in [0.15, 0.2) is 5.60 Å². The number of carbonyl (C=O) groups is 1. The average Bonchev–Trinajstić information content (AvgIpc) is 3.49. The summed E-state index contributed by atoms with van der Waals surface area (Å²) < 4.78 is 11.0. The molecule has 0 radical (unpaired) electrons. The van der Waals surface area contributed by atoms with E-state index in [0.29, 0.717) is 17.5 Å². The van der Waals surface area contributed by atoms with Crippen molar-refractivity contribution in [3.05, 3.63) is 58.6 Å². The molecule has 0 spiro atoms. The van der Waals surface area contributed by atoms with Gasteiger partial charge in [-0.05, 0) is 55.7 Å². The van der Waals surface area contributed by atoms with Crippen molar-refractivity contribution in [1.82, 2.24) is 0 Å². The van der Waals surface area contributed by atoms with E-state index in [4.69, 9.17) is 21.1 Å². The van der Waals surface area contributed by atoms with Crippen LogP contribution in [0.4, 0.5) is 10.5 Å². The molecule has 0 saturated heterocycles. The zero-order chi connectivity index (χ0) is 19.0. The minimum Gasteiger partial charge on any atom is -0.497 e. The number of cyclic esters (lactones) is 1. The van der Waals surface area contributed by atoms with Crippen molar-refractivity contribution in [2.75, 3.05) is 12.0 Å². The van der Waals surface area contributed by atoms with Crippen LogP contribution in [0.5, 0.6) is 5.75 Å². The van der Waals surface area contributed by atoms with Crippen molar-refractivity contribution in [3.63, 3.8) is 0 Å². The molecule has 138 valence electrons. The van der Waals surface area contributed by atoms with Gasteiger partial charge in [0.2, 0.25) is 0 Å². The Hall–Kier alpha value is -2.64. The number of amides is 1. The monoisotopic (exact) mass is 381 g/mol. The van der Waals surface area contributed by atoms with E-state index in [2.05, 4.69) is 11.8 Å². The molecule has 1 aliphatic carbocycles. The number of halogens is 1. The molecule has 4 nitrogen and oxygen atoms in total. The molecule has 1 aliphatic heterocycles. The van der Waals surface area contributed by atoms with Gasteiger partial charge in [-0.1, -0.05) is 35.6 Å². The molecule has 2 aromatic carbocycles. The van der Waals surface area contributed by atoms with Crippen LogP contribution in [-0.4, -0.2) is 13.2 Å². The van der Waals surface area contributed by atoms with Crippen molar-refractivity contribution in [2.45, 2.75) is 31.9 Å². The molecule has 0 N–H and O–H groups in total. The number of nitrogens with zero attached hydrogens (tertiary/aromatic N) is 1. The van der Waals surface area contributed by atoms with Crippen LogP contribution in [0.3, 0.4) is 0 Å². The third-order valence-electron chi connectivity index (χ3n) is 4.87. The average molecular weight is 382 g/mol. The van der Waals surface area contributed by atoms with Gasteiger partial charge in [-0.15, -0.1) is 0 Å². The van der Waals surface area contributed by atoms with E-state index in [1.165, 1.54) is 0 Å². The molecular weight excluding hydrogens is 362 g/mol. The number of rotatable bonds is 3. The van der Waals surface area contributed by atoms with Crippen LogP contribution in [0, 0.1) is 17.8 Å². The fourth-order valence-corrected chi connectivity index (χ4v) is 3.30. The summed E-state index contributed by atoms with van der Waals surface area (Å²) in [6.07, 6.45) is 1.82. The molecule has 0 bridgehead atoms. The van der Waals surface area contributed by atoms with Crippen molar-refractivity contribution in [3.8, 4) is 17.6 Å². The van der Waals surface area contributed by atoms with Crippen LogP contribution >= 0.6 is 11.6 Å². The van der Waals surface area contributed by atoms with Gasteiger partial charge in [0.25, 0.3) is 0 Å². The van der Waals surface area contributed by atoms with Gasteiger partial charge in [-0.3, -0.25) is 4.90 Å². The van der Waals surface area contributed by atoms with E-state index in [1.54, 1.807) is 18.1 Å². The molecular formula is C22H20ClNO3. The smallest absolute Gasteiger partial charge is 0.416 e. The first-order chi connectivity index (χ1) is 13.0. The van der Waals surface area contributed by atoms with Gasteiger partial charge < -0.3 is 9.47 Å². The molecule has 1 fully saturated rings. The maximum absolute atomic E-state index is 12.8. The lowest BCUT2D eigenvalue weighted by atomic mass is 9.92. The first kappa shape index (κ1) is 17.8. The Kier molecular flexibility index (Phi) is 4.49. The van der Waals surface area contributed by atoms with Gasteiger partial charge in [0.1, 0.15) is 5.75 Å². The van der Waals surface area contributed by atoms with E-state index in [1.807, 2.05) is 43.3 Å². The highest BCUT2D eigenvalue weighted by atomic mass is 35.5. The first-order valence-electron chi connectivity index (χ1n) is 8.95. The molecule has 2 aliphatic rings. The number of benzene rings is 2. The summed E-state index contributed by atoms with van der Waals surface area (Å²) in [5.41, 5.74) is 1.58. The van der Waals surface area contributed by atoms with Gasteiger partial charge in [0, 0.05) is 16.5 Å². The Morgan fingerprint density at radius 3 is 2.67 bits per heavy atom. The minimum absolute atomic E-state index is 0.392. The van der Waals surface area contributed by atoms with E-state index in [0.717, 1.165) is 35.4 Å². The SMILES string of the molecule is COc1ccc(CN2C(=O)O[C@@](C)(C#CC3CC3)c3cc(Cl)ccc32)cc1. The zero-order valence-electron chi connectivity index (χ0n) is 15.3. The summed E-state index contributed by atoms with van der Waals surface area (Å²) in [5.74, 6) is 7.59. The van der Waals surface area contributed by atoms with E-state index < -0.39 is 11.7 Å². The largest absolute Gasteiger partial charge is 0.497 e. The summed E-state index contributed by atoms with van der Waals surface area (Å²) in [5, 5.41) is 0.593. The van der Waals surface area contributed by atoms with E-state index in [-0.39, 0.29) is 0 Å². The van der Waals surface area contributed by atoms with E-state index in [9.17, 15) is 4.79 Å². The van der Waals surface area contributed by atoms with Gasteiger partial charge in [0.05, 0.1) is 19.3 Å². The van der Waals surface area contributed by atoms with Gasteiger partial charge >= 0.3 is 6.09 Å². The summed E-state index contributed by atoms with van der Waals surface area (Å²) >= 11 is 6.24. The summed E-state index contributed by atoms with van der Waals surface area (Å²) in [6.45, 7) is 2.23. The zero-order valence-corrected chi connectivity index (χ0v) is 16.0. The van der Waals surface area contributed by atoms with Gasteiger partial charge in [-0.2, -0.15) is 0 Å². The summed E-state index contributed by atoms with van der Waals surface area (Å²) in [4.78, 5) is 14.4. The molecule has 0 aromatic heterocycles. The first-order valence-corrected chi connectivity index (χ1v) is 9.32. The number of anilines is 1. The quantitative estimate of drug-likeness (QED) is 0.691. The molecule has 4 rings (SSSR count). The summed E-state index contributed by atoms with van der Waals surface area (Å²) in [7, 11) is 1.63. The number of carbonyl (C=O) groups excluding carboxylic acids is 1. The molecule has 27 heavy (non-hydrogen) atoms. The minimum atomic E-state index is -0.990. The number of hydrogen-bond acceptors (Lipinski definition) is 3. The second-order valence-corrected chi connectivity index (χ2v) is 7.48. The van der Waals surface area contributed by atoms with Crippen molar-refractivity contribution in [2.24, 2.45) is 5.92 Å². The predicted molar refractivity (Wildman–Crippen MR) is 105 cm³/mol. The van der Waals surface area contributed by atoms with Crippen molar-refractivity contribution >= 4 is 23.4 Å². The number of ether oxygens (including phenoxy) is 2. The molecule has 1 atom stereocenters. The van der Waals surface area contributed by atoms with Crippen molar-refractivity contribution < 1.29 is 14.3 Å². The third kappa shape index (κ3) is 3.61. The van der Waals surface area contributed by atoms with E-state index >= 15 is 0 Å². The van der Waals surface area contributed by atoms with Crippen LogP contribution in [0.2, 0.25) is 5.02 Å². The second kappa shape index (κ2) is 6.83. The van der Waals surface area contributed by atoms with Crippen molar-refractivity contribution in [1.29, 1.82) is 0 Å². The Balaban J connectivity index is 1.70.